The van der Waals surface area contributed by atoms with E-state index >= 15 is 0 Å². The quantitative estimate of drug-likeness (QED) is 0.691. The Morgan fingerprint density at radius 2 is 2.19 bits per heavy atom. The molecule has 6 nitrogen and oxygen atoms in total. The third-order valence-electron chi connectivity index (χ3n) is 3.62. The second-order valence-electron chi connectivity index (χ2n) is 5.15. The van der Waals surface area contributed by atoms with Gasteiger partial charge in [-0.25, -0.2) is 0 Å². The SMILES string of the molecule is CNC(c1ccc2c(c1)CC(C)O2)c1ccc([N+](=O)[O-])o1. The highest BCUT2D eigenvalue weighted by molar-refractivity contribution is 5.43. The van der Waals surface area contributed by atoms with Crippen LogP contribution in [0.1, 0.15) is 29.9 Å². The Morgan fingerprint density at radius 1 is 1.38 bits per heavy atom. The lowest BCUT2D eigenvalue weighted by atomic mass is 10.0. The van der Waals surface area contributed by atoms with Crippen molar-refractivity contribution in [1.82, 2.24) is 5.32 Å². The van der Waals surface area contributed by atoms with Crippen LogP contribution in [-0.2, 0) is 6.42 Å². The molecule has 1 aliphatic heterocycles. The second kappa shape index (κ2) is 5.21. The highest BCUT2D eigenvalue weighted by atomic mass is 16.6. The number of furan rings is 1. The standard InChI is InChI=1S/C15H16N2O4/c1-9-7-11-8-10(3-4-12(11)20-9)15(16-2)13-5-6-14(21-13)17(18)19/h3-6,8-9,15-16H,7H2,1-2H3. The monoisotopic (exact) mass is 288 g/mol. The Balaban J connectivity index is 1.93. The van der Waals surface area contributed by atoms with Crippen LogP contribution in [0.4, 0.5) is 5.88 Å². The summed E-state index contributed by atoms with van der Waals surface area (Å²) >= 11 is 0. The smallest absolute Gasteiger partial charge is 0.433 e. The Morgan fingerprint density at radius 3 is 2.86 bits per heavy atom. The molecule has 1 aromatic carbocycles. The average Bonchev–Trinajstić information content (AvgIpc) is 3.05. The fraction of sp³-hybridized carbons (Fsp3) is 0.333. The van der Waals surface area contributed by atoms with Gasteiger partial charge in [0.2, 0.25) is 0 Å². The minimum Gasteiger partial charge on any atom is -0.490 e. The molecule has 1 N–H and O–H groups in total. The number of rotatable bonds is 4. The fourth-order valence-corrected chi connectivity index (χ4v) is 2.69. The maximum atomic E-state index is 10.7. The molecule has 2 aromatic rings. The number of hydrogen-bond acceptors (Lipinski definition) is 5. The summed E-state index contributed by atoms with van der Waals surface area (Å²) in [6.07, 6.45) is 1.06. The van der Waals surface area contributed by atoms with Crippen molar-refractivity contribution < 1.29 is 14.1 Å². The third kappa shape index (κ3) is 2.50. The first kappa shape index (κ1) is 13.6. The van der Waals surface area contributed by atoms with E-state index in [-0.39, 0.29) is 18.0 Å². The van der Waals surface area contributed by atoms with Gasteiger partial charge >= 0.3 is 5.88 Å². The largest absolute Gasteiger partial charge is 0.490 e. The van der Waals surface area contributed by atoms with E-state index in [1.54, 1.807) is 13.1 Å². The van der Waals surface area contributed by atoms with Crippen LogP contribution >= 0.6 is 0 Å². The minimum atomic E-state index is -0.533. The number of benzene rings is 1. The topological polar surface area (TPSA) is 77.5 Å². The molecule has 0 aliphatic carbocycles. The van der Waals surface area contributed by atoms with E-state index in [0.29, 0.717) is 5.76 Å². The molecule has 3 rings (SSSR count). The molecule has 21 heavy (non-hydrogen) atoms. The molecule has 1 aliphatic rings. The third-order valence-corrected chi connectivity index (χ3v) is 3.62. The first-order valence-electron chi connectivity index (χ1n) is 6.79. The van der Waals surface area contributed by atoms with Gasteiger partial charge in [-0.1, -0.05) is 6.07 Å². The van der Waals surface area contributed by atoms with E-state index in [1.165, 1.54) is 6.07 Å². The van der Waals surface area contributed by atoms with Crippen LogP contribution in [0.15, 0.2) is 34.7 Å². The van der Waals surface area contributed by atoms with Crippen molar-refractivity contribution >= 4 is 5.88 Å². The molecule has 1 aromatic heterocycles. The lowest BCUT2D eigenvalue weighted by Crippen LogP contribution is -2.17. The van der Waals surface area contributed by atoms with E-state index in [1.807, 2.05) is 19.1 Å². The predicted molar refractivity (Wildman–Crippen MR) is 76.5 cm³/mol. The highest BCUT2D eigenvalue weighted by Gasteiger charge is 2.24. The van der Waals surface area contributed by atoms with Crippen molar-refractivity contribution in [2.75, 3.05) is 7.05 Å². The molecule has 0 fully saturated rings. The van der Waals surface area contributed by atoms with Gasteiger partial charge in [0.25, 0.3) is 0 Å². The molecular weight excluding hydrogens is 272 g/mol. The minimum absolute atomic E-state index is 0.188. The van der Waals surface area contributed by atoms with Gasteiger partial charge in [-0.2, -0.15) is 0 Å². The fourth-order valence-electron chi connectivity index (χ4n) is 2.69. The summed E-state index contributed by atoms with van der Waals surface area (Å²) < 4.78 is 11.0. The van der Waals surface area contributed by atoms with E-state index in [9.17, 15) is 10.1 Å². The molecule has 6 heteroatoms. The Labute approximate surface area is 121 Å². The van der Waals surface area contributed by atoms with E-state index in [0.717, 1.165) is 23.3 Å². The highest BCUT2D eigenvalue weighted by Crippen LogP contribution is 2.33. The van der Waals surface area contributed by atoms with Gasteiger partial charge < -0.3 is 14.5 Å². The molecule has 0 radical (unpaired) electrons. The van der Waals surface area contributed by atoms with Crippen molar-refractivity contribution in [2.24, 2.45) is 0 Å². The molecular formula is C15H16N2O4. The van der Waals surface area contributed by atoms with Gasteiger partial charge in [0.15, 0.2) is 0 Å². The van der Waals surface area contributed by atoms with Crippen molar-refractivity contribution in [1.29, 1.82) is 0 Å². The number of hydrogen-bond donors (Lipinski definition) is 1. The average molecular weight is 288 g/mol. The number of nitrogens with zero attached hydrogens (tertiary/aromatic N) is 1. The molecule has 2 heterocycles. The van der Waals surface area contributed by atoms with Crippen molar-refractivity contribution in [3.63, 3.8) is 0 Å². The van der Waals surface area contributed by atoms with Crippen LogP contribution in [0.3, 0.4) is 0 Å². The number of ether oxygens (including phenoxy) is 1. The Hall–Kier alpha value is -2.34. The van der Waals surface area contributed by atoms with Gasteiger partial charge in [0.1, 0.15) is 22.5 Å². The summed E-state index contributed by atoms with van der Waals surface area (Å²) in [5.74, 6) is 1.19. The van der Waals surface area contributed by atoms with Gasteiger partial charge in [0.05, 0.1) is 12.1 Å². The molecule has 2 atom stereocenters. The molecule has 2 unspecified atom stereocenters. The molecule has 0 saturated heterocycles. The van der Waals surface area contributed by atoms with Crippen molar-refractivity contribution in [3.05, 3.63) is 57.3 Å². The molecule has 0 spiro atoms. The van der Waals surface area contributed by atoms with Crippen LogP contribution in [0, 0.1) is 10.1 Å². The van der Waals surface area contributed by atoms with Gasteiger partial charge in [0, 0.05) is 6.42 Å². The lowest BCUT2D eigenvalue weighted by molar-refractivity contribution is -0.402. The zero-order valence-electron chi connectivity index (χ0n) is 11.8. The predicted octanol–water partition coefficient (Wildman–Crippen LogP) is 2.82. The Kier molecular flexibility index (Phi) is 3.39. The number of fused-ring (bicyclic) bond motifs is 1. The zero-order chi connectivity index (χ0) is 15.0. The van der Waals surface area contributed by atoms with Gasteiger partial charge in [-0.05, 0) is 43.3 Å². The van der Waals surface area contributed by atoms with Crippen molar-refractivity contribution in [3.8, 4) is 5.75 Å². The first-order chi connectivity index (χ1) is 10.1. The summed E-state index contributed by atoms with van der Waals surface area (Å²) in [5, 5.41) is 13.9. The van der Waals surface area contributed by atoms with Crippen LogP contribution in [0.2, 0.25) is 0 Å². The second-order valence-corrected chi connectivity index (χ2v) is 5.15. The summed E-state index contributed by atoms with van der Waals surface area (Å²) in [6, 6.07) is 8.74. The maximum Gasteiger partial charge on any atom is 0.433 e. The Bertz CT molecular complexity index is 680. The van der Waals surface area contributed by atoms with E-state index in [4.69, 9.17) is 9.15 Å². The van der Waals surface area contributed by atoms with Crippen LogP contribution in [0.5, 0.6) is 5.75 Å². The van der Waals surface area contributed by atoms with Gasteiger partial charge in [-0.3, -0.25) is 10.1 Å². The summed E-state index contributed by atoms with van der Waals surface area (Å²) in [7, 11) is 1.80. The number of nitro groups is 1. The number of nitrogens with one attached hydrogen (secondary N) is 1. The van der Waals surface area contributed by atoms with Crippen LogP contribution < -0.4 is 10.1 Å². The van der Waals surface area contributed by atoms with Crippen molar-refractivity contribution in [2.45, 2.75) is 25.5 Å². The molecule has 110 valence electrons. The zero-order valence-corrected chi connectivity index (χ0v) is 11.8. The summed E-state index contributed by atoms with van der Waals surface area (Å²) in [6.45, 7) is 2.03. The molecule has 0 amide bonds. The van der Waals surface area contributed by atoms with Crippen LogP contribution in [0.25, 0.3) is 0 Å². The molecule has 0 bridgehead atoms. The van der Waals surface area contributed by atoms with Crippen LogP contribution in [-0.4, -0.2) is 18.1 Å². The van der Waals surface area contributed by atoms with E-state index < -0.39 is 4.92 Å². The first-order valence-corrected chi connectivity index (χ1v) is 6.79. The van der Waals surface area contributed by atoms with E-state index in [2.05, 4.69) is 11.4 Å². The van der Waals surface area contributed by atoms with Gasteiger partial charge in [-0.15, -0.1) is 0 Å². The summed E-state index contributed by atoms with van der Waals surface area (Å²) in [4.78, 5) is 10.2. The summed E-state index contributed by atoms with van der Waals surface area (Å²) in [5.41, 5.74) is 2.15. The normalized spacial score (nSPS) is 18.1. The molecule has 0 saturated carbocycles. The maximum absolute atomic E-state index is 10.7. The lowest BCUT2D eigenvalue weighted by Gasteiger charge is -2.14.